The summed E-state index contributed by atoms with van der Waals surface area (Å²) in [4.78, 5) is 0. The molecule has 0 atom stereocenters. The second kappa shape index (κ2) is 5.87. The molecule has 0 saturated heterocycles. The van der Waals surface area contributed by atoms with Gasteiger partial charge < -0.3 is 5.32 Å². The molecule has 2 nitrogen and oxygen atoms in total. The number of nitrogens with zero attached hydrogens (tertiary/aromatic N) is 1. The summed E-state index contributed by atoms with van der Waals surface area (Å²) in [6, 6.07) is 7.45. The Hall–Kier alpha value is -0.750. The molecule has 0 aliphatic carbocycles. The van der Waals surface area contributed by atoms with Crippen molar-refractivity contribution in [2.75, 3.05) is 6.54 Å². The summed E-state index contributed by atoms with van der Waals surface area (Å²) < 4.78 is 0. The van der Waals surface area contributed by atoms with Crippen LogP contribution in [0, 0.1) is 11.3 Å². The zero-order valence-corrected chi connectivity index (χ0v) is 9.07. The van der Waals surface area contributed by atoms with Gasteiger partial charge in [0, 0.05) is 29.6 Å². The maximum Gasteiger partial charge on any atom is 0.0635 e. The minimum atomic E-state index is 0.505. The minimum Gasteiger partial charge on any atom is -0.312 e. The van der Waals surface area contributed by atoms with Crippen molar-refractivity contribution in [1.82, 2.24) is 5.32 Å². The molecule has 0 fully saturated rings. The lowest BCUT2D eigenvalue weighted by atomic mass is 10.2. The number of hydrogen-bond donors (Lipinski definition) is 1. The summed E-state index contributed by atoms with van der Waals surface area (Å²) in [5.74, 6) is 0. The van der Waals surface area contributed by atoms with E-state index in [1.807, 2.05) is 6.07 Å². The first kappa shape index (κ1) is 11.3. The highest BCUT2D eigenvalue weighted by atomic mass is 35.5. The Kier molecular flexibility index (Phi) is 4.75. The van der Waals surface area contributed by atoms with Crippen LogP contribution >= 0.6 is 23.2 Å². The zero-order chi connectivity index (χ0) is 10.4. The van der Waals surface area contributed by atoms with Gasteiger partial charge >= 0.3 is 0 Å². The molecule has 1 rings (SSSR count). The van der Waals surface area contributed by atoms with Gasteiger partial charge in [-0.3, -0.25) is 0 Å². The van der Waals surface area contributed by atoms with Crippen LogP contribution in [0.3, 0.4) is 0 Å². The van der Waals surface area contributed by atoms with Gasteiger partial charge in [-0.25, -0.2) is 0 Å². The Labute approximate surface area is 93.4 Å². The van der Waals surface area contributed by atoms with Gasteiger partial charge in [0.1, 0.15) is 0 Å². The Morgan fingerprint density at radius 1 is 1.36 bits per heavy atom. The van der Waals surface area contributed by atoms with E-state index in [1.54, 1.807) is 12.1 Å². The molecule has 1 N–H and O–H groups in total. The van der Waals surface area contributed by atoms with Crippen molar-refractivity contribution in [2.45, 2.75) is 13.0 Å². The molecule has 0 spiro atoms. The van der Waals surface area contributed by atoms with Crippen LogP contribution in [0.25, 0.3) is 0 Å². The molecule has 0 unspecified atom stereocenters. The third-order valence-electron chi connectivity index (χ3n) is 1.74. The highest BCUT2D eigenvalue weighted by Crippen LogP contribution is 2.20. The summed E-state index contributed by atoms with van der Waals surface area (Å²) in [5, 5.41) is 12.7. The van der Waals surface area contributed by atoms with Crippen LogP contribution in [0.1, 0.15) is 12.0 Å². The standard InChI is InChI=1S/C10H10Cl2N2/c11-9-3-2-8(10(12)6-9)7-14-5-1-4-13/h2-3,6,14H,1,5,7H2. The molecule has 0 aromatic heterocycles. The number of nitriles is 1. The predicted octanol–water partition coefficient (Wildman–Crippen LogP) is 3.00. The molecule has 0 aliphatic heterocycles. The van der Waals surface area contributed by atoms with E-state index in [0.717, 1.165) is 5.56 Å². The van der Waals surface area contributed by atoms with Crippen molar-refractivity contribution in [3.05, 3.63) is 33.8 Å². The van der Waals surface area contributed by atoms with Gasteiger partial charge in [-0.05, 0) is 17.7 Å². The normalized spacial score (nSPS) is 9.79. The molecule has 74 valence electrons. The number of halogens is 2. The Morgan fingerprint density at radius 3 is 2.79 bits per heavy atom. The Bertz CT molecular complexity index is 344. The van der Waals surface area contributed by atoms with E-state index in [9.17, 15) is 0 Å². The van der Waals surface area contributed by atoms with Crippen LogP contribution in [0.15, 0.2) is 18.2 Å². The first-order valence-electron chi connectivity index (χ1n) is 4.25. The largest absolute Gasteiger partial charge is 0.312 e. The van der Waals surface area contributed by atoms with Crippen LogP contribution in [0.5, 0.6) is 0 Å². The first-order chi connectivity index (χ1) is 6.74. The van der Waals surface area contributed by atoms with Gasteiger partial charge in [-0.1, -0.05) is 29.3 Å². The fraction of sp³-hybridized carbons (Fsp3) is 0.300. The van der Waals surface area contributed by atoms with E-state index in [4.69, 9.17) is 28.5 Å². The minimum absolute atomic E-state index is 0.505. The highest BCUT2D eigenvalue weighted by Gasteiger charge is 1.99. The molecule has 1 aromatic carbocycles. The molecule has 0 amide bonds. The van der Waals surface area contributed by atoms with E-state index < -0.39 is 0 Å². The molecular formula is C10H10Cl2N2. The van der Waals surface area contributed by atoms with Crippen molar-refractivity contribution in [2.24, 2.45) is 0 Å². The molecule has 1 aromatic rings. The quantitative estimate of drug-likeness (QED) is 0.805. The van der Waals surface area contributed by atoms with Gasteiger partial charge in [-0.15, -0.1) is 0 Å². The van der Waals surface area contributed by atoms with Gasteiger partial charge in [0.05, 0.1) is 6.07 Å². The molecule has 0 aliphatic rings. The number of rotatable bonds is 4. The number of benzene rings is 1. The average molecular weight is 229 g/mol. The monoisotopic (exact) mass is 228 g/mol. The maximum absolute atomic E-state index is 8.32. The van der Waals surface area contributed by atoms with E-state index in [2.05, 4.69) is 11.4 Å². The van der Waals surface area contributed by atoms with Gasteiger partial charge in [0.15, 0.2) is 0 Å². The summed E-state index contributed by atoms with van der Waals surface area (Å²) in [7, 11) is 0. The maximum atomic E-state index is 8.32. The highest BCUT2D eigenvalue weighted by molar-refractivity contribution is 6.35. The van der Waals surface area contributed by atoms with E-state index in [0.29, 0.717) is 29.6 Å². The van der Waals surface area contributed by atoms with Crippen LogP contribution < -0.4 is 5.32 Å². The third-order valence-corrected chi connectivity index (χ3v) is 2.33. The van der Waals surface area contributed by atoms with E-state index in [1.165, 1.54) is 0 Å². The van der Waals surface area contributed by atoms with Crippen molar-refractivity contribution in [3.63, 3.8) is 0 Å². The van der Waals surface area contributed by atoms with Crippen LogP contribution in [-0.2, 0) is 6.54 Å². The molecular weight excluding hydrogens is 219 g/mol. The Morgan fingerprint density at radius 2 is 2.14 bits per heavy atom. The predicted molar refractivity (Wildman–Crippen MR) is 58.4 cm³/mol. The van der Waals surface area contributed by atoms with Crippen LogP contribution in [-0.4, -0.2) is 6.54 Å². The number of hydrogen-bond acceptors (Lipinski definition) is 2. The molecule has 0 bridgehead atoms. The molecule has 4 heteroatoms. The number of nitrogens with one attached hydrogen (secondary N) is 1. The fourth-order valence-corrected chi connectivity index (χ4v) is 1.51. The smallest absolute Gasteiger partial charge is 0.0635 e. The van der Waals surface area contributed by atoms with Crippen molar-refractivity contribution < 1.29 is 0 Å². The Balaban J connectivity index is 2.47. The molecule has 0 saturated carbocycles. The summed E-state index contributed by atoms with van der Waals surface area (Å²) >= 11 is 11.7. The van der Waals surface area contributed by atoms with Gasteiger partial charge in [0.25, 0.3) is 0 Å². The van der Waals surface area contributed by atoms with Crippen LogP contribution in [0.4, 0.5) is 0 Å². The third kappa shape index (κ3) is 3.55. The van der Waals surface area contributed by atoms with Crippen LogP contribution in [0.2, 0.25) is 10.0 Å². The molecule has 0 heterocycles. The second-order valence-corrected chi connectivity index (χ2v) is 3.66. The van der Waals surface area contributed by atoms with E-state index in [-0.39, 0.29) is 0 Å². The van der Waals surface area contributed by atoms with Gasteiger partial charge in [-0.2, -0.15) is 5.26 Å². The topological polar surface area (TPSA) is 35.8 Å². The summed E-state index contributed by atoms with van der Waals surface area (Å²) in [6.45, 7) is 1.34. The molecule has 14 heavy (non-hydrogen) atoms. The fourth-order valence-electron chi connectivity index (χ4n) is 1.03. The van der Waals surface area contributed by atoms with Crippen molar-refractivity contribution >= 4 is 23.2 Å². The lowest BCUT2D eigenvalue weighted by Gasteiger charge is -2.05. The van der Waals surface area contributed by atoms with Gasteiger partial charge in [0.2, 0.25) is 0 Å². The lowest BCUT2D eigenvalue weighted by molar-refractivity contribution is 0.699. The summed E-state index contributed by atoms with van der Waals surface area (Å²) in [5.41, 5.74) is 0.994. The second-order valence-electron chi connectivity index (χ2n) is 2.82. The lowest BCUT2D eigenvalue weighted by Crippen LogP contribution is -2.14. The average Bonchev–Trinajstić information content (AvgIpc) is 2.15. The molecule has 0 radical (unpaired) electrons. The van der Waals surface area contributed by atoms with E-state index >= 15 is 0 Å². The first-order valence-corrected chi connectivity index (χ1v) is 5.01. The SMILES string of the molecule is N#CCCNCc1ccc(Cl)cc1Cl. The van der Waals surface area contributed by atoms with Crippen molar-refractivity contribution in [3.8, 4) is 6.07 Å². The summed E-state index contributed by atoms with van der Waals surface area (Å²) in [6.07, 6.45) is 0.505. The van der Waals surface area contributed by atoms with Crippen molar-refractivity contribution in [1.29, 1.82) is 5.26 Å². The zero-order valence-electron chi connectivity index (χ0n) is 7.56.